The number of fused-ring (bicyclic) bond motifs is 1. The van der Waals surface area contributed by atoms with Crippen LogP contribution in [0, 0.1) is 23.5 Å². The van der Waals surface area contributed by atoms with Crippen molar-refractivity contribution in [1.29, 1.82) is 0 Å². The van der Waals surface area contributed by atoms with E-state index in [1.165, 1.54) is 5.56 Å². The molecule has 2 heterocycles. The zero-order valence-electron chi connectivity index (χ0n) is 12.4. The highest BCUT2D eigenvalue weighted by Gasteiger charge is 2.25. The molecule has 1 aromatic heterocycles. The second-order valence-corrected chi connectivity index (χ2v) is 5.50. The molecule has 1 atom stereocenters. The molecule has 3 rings (SSSR count). The third kappa shape index (κ3) is 2.83. The molecule has 122 valence electrons. The lowest BCUT2D eigenvalue weighted by Crippen LogP contribution is -2.37. The largest absolute Gasteiger partial charge is 0.378 e. The average molecular weight is 325 g/mol. The Balaban J connectivity index is 1.75. The number of nitrogens with one attached hydrogen (secondary N) is 1. The number of hydrogen-bond donors (Lipinski definition) is 1. The molecule has 0 amide bonds. The van der Waals surface area contributed by atoms with Gasteiger partial charge in [-0.2, -0.15) is 22.5 Å². The molecule has 1 aromatic carbocycles. The summed E-state index contributed by atoms with van der Waals surface area (Å²) in [6, 6.07) is 7.77. The van der Waals surface area contributed by atoms with Gasteiger partial charge in [-0.1, -0.05) is 18.2 Å². The van der Waals surface area contributed by atoms with Crippen molar-refractivity contribution in [3.8, 4) is 0 Å². The fourth-order valence-corrected chi connectivity index (χ4v) is 2.82. The van der Waals surface area contributed by atoms with Crippen LogP contribution in [0.5, 0.6) is 0 Å². The Morgan fingerprint density at radius 2 is 1.78 bits per heavy atom. The summed E-state index contributed by atoms with van der Waals surface area (Å²) in [6.45, 7) is 2.79. The second-order valence-electron chi connectivity index (χ2n) is 5.50. The molecule has 1 aliphatic rings. The van der Waals surface area contributed by atoms with Gasteiger partial charge in [-0.25, -0.2) is 0 Å². The van der Waals surface area contributed by atoms with Crippen LogP contribution in [0.25, 0.3) is 0 Å². The van der Waals surface area contributed by atoms with E-state index in [-0.39, 0.29) is 12.6 Å². The minimum absolute atomic E-state index is 0.114. The maximum absolute atomic E-state index is 13.6. The van der Waals surface area contributed by atoms with Crippen LogP contribution in [0.4, 0.5) is 28.9 Å². The van der Waals surface area contributed by atoms with E-state index in [1.54, 1.807) is 0 Å². The highest BCUT2D eigenvalue weighted by atomic mass is 19.2. The molecule has 0 saturated heterocycles. The number of para-hydroxylation sites is 1. The van der Waals surface area contributed by atoms with E-state index in [4.69, 9.17) is 0 Å². The fourth-order valence-electron chi connectivity index (χ4n) is 2.82. The van der Waals surface area contributed by atoms with Gasteiger partial charge in [0.15, 0.2) is 0 Å². The number of rotatable bonds is 4. The number of pyridine rings is 1. The van der Waals surface area contributed by atoms with Crippen LogP contribution in [-0.4, -0.2) is 24.1 Å². The minimum Gasteiger partial charge on any atom is -0.378 e. The van der Waals surface area contributed by atoms with Gasteiger partial charge in [-0.05, 0) is 25.0 Å². The Morgan fingerprint density at radius 1 is 1.13 bits per heavy atom. The average Bonchev–Trinajstić information content (AvgIpc) is 2.97. The molecule has 0 fully saturated rings. The van der Waals surface area contributed by atoms with Crippen molar-refractivity contribution in [2.75, 3.05) is 23.3 Å². The Morgan fingerprint density at radius 3 is 2.48 bits per heavy atom. The van der Waals surface area contributed by atoms with Gasteiger partial charge >= 0.3 is 0 Å². The highest BCUT2D eigenvalue weighted by Crippen LogP contribution is 2.29. The molecule has 7 heteroatoms. The van der Waals surface area contributed by atoms with Gasteiger partial charge < -0.3 is 10.2 Å². The van der Waals surface area contributed by atoms with Crippen LogP contribution < -0.4 is 10.2 Å². The van der Waals surface area contributed by atoms with Crippen LogP contribution in [0.3, 0.4) is 0 Å². The summed E-state index contributed by atoms with van der Waals surface area (Å²) in [5, 5.41) is 2.46. The van der Waals surface area contributed by atoms with E-state index >= 15 is 0 Å². The molecular weight excluding hydrogens is 310 g/mol. The first-order valence-corrected chi connectivity index (χ1v) is 7.27. The lowest BCUT2D eigenvalue weighted by Gasteiger charge is -2.28. The van der Waals surface area contributed by atoms with Crippen LogP contribution in [0.1, 0.15) is 12.5 Å². The predicted octanol–water partition coefficient (Wildman–Crippen LogP) is 3.50. The molecule has 1 aliphatic heterocycles. The van der Waals surface area contributed by atoms with E-state index < -0.39 is 29.2 Å². The maximum Gasteiger partial charge on any atom is 0.253 e. The summed E-state index contributed by atoms with van der Waals surface area (Å²) >= 11 is 0. The van der Waals surface area contributed by atoms with E-state index in [2.05, 4.69) is 15.2 Å². The third-order valence-corrected chi connectivity index (χ3v) is 4.03. The first-order chi connectivity index (χ1) is 11.0. The van der Waals surface area contributed by atoms with Gasteiger partial charge in [0.2, 0.25) is 11.6 Å². The molecule has 3 nitrogen and oxygen atoms in total. The number of anilines is 2. The molecular formula is C16H15F4N3. The van der Waals surface area contributed by atoms with E-state index in [9.17, 15) is 17.6 Å². The Bertz CT molecular complexity index is 709. The summed E-state index contributed by atoms with van der Waals surface area (Å²) in [7, 11) is 0. The van der Waals surface area contributed by atoms with Gasteiger partial charge in [-0.15, -0.1) is 0 Å². The summed E-state index contributed by atoms with van der Waals surface area (Å²) in [5.41, 5.74) is 1.45. The lowest BCUT2D eigenvalue weighted by atomic mass is 10.2. The van der Waals surface area contributed by atoms with Gasteiger partial charge in [0.25, 0.3) is 11.9 Å². The van der Waals surface area contributed by atoms with E-state index in [0.717, 1.165) is 18.7 Å². The van der Waals surface area contributed by atoms with Crippen molar-refractivity contribution in [2.24, 2.45) is 0 Å². The van der Waals surface area contributed by atoms with Crippen molar-refractivity contribution in [3.63, 3.8) is 0 Å². The molecule has 0 bridgehead atoms. The molecule has 0 radical (unpaired) electrons. The normalized spacial score (nSPS) is 14.7. The molecule has 0 aliphatic carbocycles. The standard InChI is InChI=1S/C16H15F4N3/c1-9(23-7-6-10-4-2-3-5-11(10)23)8-21-14-12(17)15(19)22-16(20)13(14)18/h2-5,9H,6-8H2,1H3,(H,21,22). The zero-order chi connectivity index (χ0) is 16.6. The molecule has 23 heavy (non-hydrogen) atoms. The zero-order valence-corrected chi connectivity index (χ0v) is 12.4. The Kier molecular flexibility index (Phi) is 4.11. The van der Waals surface area contributed by atoms with Gasteiger partial charge in [0.05, 0.1) is 0 Å². The summed E-state index contributed by atoms with van der Waals surface area (Å²) in [5.74, 6) is -6.35. The number of benzene rings is 1. The highest BCUT2D eigenvalue weighted by molar-refractivity contribution is 5.59. The molecule has 1 N–H and O–H groups in total. The second kappa shape index (κ2) is 6.06. The fraction of sp³-hybridized carbons (Fsp3) is 0.312. The first kappa shape index (κ1) is 15.6. The smallest absolute Gasteiger partial charge is 0.253 e. The van der Waals surface area contributed by atoms with Crippen molar-refractivity contribution in [1.82, 2.24) is 4.98 Å². The van der Waals surface area contributed by atoms with Crippen LogP contribution in [0.15, 0.2) is 24.3 Å². The number of nitrogens with zero attached hydrogens (tertiary/aromatic N) is 2. The number of hydrogen-bond acceptors (Lipinski definition) is 3. The van der Waals surface area contributed by atoms with E-state index in [0.29, 0.717) is 0 Å². The van der Waals surface area contributed by atoms with E-state index in [1.807, 2.05) is 31.2 Å². The molecule has 0 spiro atoms. The van der Waals surface area contributed by atoms with Crippen molar-refractivity contribution >= 4 is 11.4 Å². The number of halogens is 4. The maximum atomic E-state index is 13.6. The van der Waals surface area contributed by atoms with Crippen LogP contribution >= 0.6 is 0 Å². The van der Waals surface area contributed by atoms with Crippen molar-refractivity contribution in [3.05, 3.63) is 53.4 Å². The van der Waals surface area contributed by atoms with Crippen molar-refractivity contribution < 1.29 is 17.6 Å². The molecule has 1 unspecified atom stereocenters. The Hall–Kier alpha value is -2.31. The van der Waals surface area contributed by atoms with Gasteiger partial charge in [0, 0.05) is 24.8 Å². The van der Waals surface area contributed by atoms with Crippen LogP contribution in [0.2, 0.25) is 0 Å². The third-order valence-electron chi connectivity index (χ3n) is 4.03. The monoisotopic (exact) mass is 325 g/mol. The first-order valence-electron chi connectivity index (χ1n) is 7.27. The van der Waals surface area contributed by atoms with Crippen LogP contribution in [-0.2, 0) is 6.42 Å². The summed E-state index contributed by atoms with van der Waals surface area (Å²) in [4.78, 5) is 4.62. The molecule has 2 aromatic rings. The summed E-state index contributed by atoms with van der Waals surface area (Å²) in [6.07, 6.45) is 0.891. The van der Waals surface area contributed by atoms with Gasteiger partial charge in [-0.3, -0.25) is 0 Å². The predicted molar refractivity (Wildman–Crippen MR) is 79.5 cm³/mol. The quantitative estimate of drug-likeness (QED) is 0.689. The summed E-state index contributed by atoms with van der Waals surface area (Å²) < 4.78 is 53.4. The SMILES string of the molecule is CC(CNc1c(F)c(F)nc(F)c1F)N1CCc2ccccc21. The molecule has 0 saturated carbocycles. The topological polar surface area (TPSA) is 28.2 Å². The Labute approximate surface area is 130 Å². The van der Waals surface area contributed by atoms with Crippen molar-refractivity contribution in [2.45, 2.75) is 19.4 Å². The van der Waals surface area contributed by atoms with Gasteiger partial charge in [0.1, 0.15) is 5.69 Å². The number of aromatic nitrogens is 1. The minimum atomic E-state index is -1.66. The lowest BCUT2D eigenvalue weighted by molar-refractivity contribution is 0.410.